The normalized spacial score (nSPS) is 17.4. The van der Waals surface area contributed by atoms with Gasteiger partial charge in [-0.05, 0) is 37.5 Å². The summed E-state index contributed by atoms with van der Waals surface area (Å²) in [6, 6.07) is 5.94. The number of benzene rings is 1. The quantitative estimate of drug-likeness (QED) is 0.884. The zero-order chi connectivity index (χ0) is 12.0. The van der Waals surface area contributed by atoms with Gasteiger partial charge in [-0.3, -0.25) is 0 Å². The van der Waals surface area contributed by atoms with Crippen LogP contribution in [0.1, 0.15) is 24.2 Å². The standard InChI is InChI=1S/C14H16O3/c1-9-7-11-10(8-14(15)5-6-14)3-4-12(16-2)13(11)17-9/h3-4,7,15H,5-6,8H2,1-2H3. The molecule has 3 rings (SSSR count). The topological polar surface area (TPSA) is 42.6 Å². The maximum absolute atomic E-state index is 10.0. The van der Waals surface area contributed by atoms with Gasteiger partial charge in [0.2, 0.25) is 0 Å². The average Bonchev–Trinajstić information content (AvgIpc) is 2.87. The fourth-order valence-corrected chi connectivity index (χ4v) is 2.27. The first kappa shape index (κ1) is 10.7. The SMILES string of the molecule is COc1ccc(CC2(O)CC2)c2cc(C)oc12. The van der Waals surface area contributed by atoms with Crippen LogP contribution in [0.15, 0.2) is 22.6 Å². The number of fused-ring (bicyclic) bond motifs is 1. The minimum Gasteiger partial charge on any atom is -0.493 e. The first-order chi connectivity index (χ1) is 8.11. The lowest BCUT2D eigenvalue weighted by Crippen LogP contribution is -2.10. The van der Waals surface area contributed by atoms with Crippen LogP contribution in [-0.4, -0.2) is 17.8 Å². The number of hydrogen-bond acceptors (Lipinski definition) is 3. The second kappa shape index (κ2) is 3.50. The Morgan fingerprint density at radius 1 is 1.41 bits per heavy atom. The van der Waals surface area contributed by atoms with Gasteiger partial charge >= 0.3 is 0 Å². The number of furan rings is 1. The molecule has 1 fully saturated rings. The first-order valence-electron chi connectivity index (χ1n) is 5.90. The van der Waals surface area contributed by atoms with Gasteiger partial charge in [-0.2, -0.15) is 0 Å². The molecule has 3 nitrogen and oxygen atoms in total. The van der Waals surface area contributed by atoms with E-state index in [0.29, 0.717) is 6.42 Å². The highest BCUT2D eigenvalue weighted by molar-refractivity contribution is 5.87. The van der Waals surface area contributed by atoms with Gasteiger partial charge in [-0.15, -0.1) is 0 Å². The van der Waals surface area contributed by atoms with Crippen LogP contribution >= 0.6 is 0 Å². The molecular formula is C14H16O3. The molecule has 0 amide bonds. The smallest absolute Gasteiger partial charge is 0.176 e. The van der Waals surface area contributed by atoms with Crippen molar-refractivity contribution >= 4 is 11.0 Å². The van der Waals surface area contributed by atoms with E-state index in [0.717, 1.165) is 40.9 Å². The van der Waals surface area contributed by atoms with Crippen molar-refractivity contribution in [3.63, 3.8) is 0 Å². The van der Waals surface area contributed by atoms with E-state index < -0.39 is 5.60 Å². The number of methoxy groups -OCH3 is 1. The molecule has 3 heteroatoms. The Hall–Kier alpha value is -1.48. The van der Waals surface area contributed by atoms with Crippen LogP contribution in [-0.2, 0) is 6.42 Å². The zero-order valence-electron chi connectivity index (χ0n) is 10.1. The number of rotatable bonds is 3. The van der Waals surface area contributed by atoms with E-state index in [4.69, 9.17) is 9.15 Å². The fourth-order valence-electron chi connectivity index (χ4n) is 2.27. The molecule has 1 saturated carbocycles. The summed E-state index contributed by atoms with van der Waals surface area (Å²) in [4.78, 5) is 0. The zero-order valence-corrected chi connectivity index (χ0v) is 10.1. The maximum Gasteiger partial charge on any atom is 0.176 e. The van der Waals surface area contributed by atoms with Gasteiger partial charge in [0.15, 0.2) is 11.3 Å². The summed E-state index contributed by atoms with van der Waals surface area (Å²) < 4.78 is 10.9. The molecule has 0 unspecified atom stereocenters. The molecule has 1 aliphatic rings. The molecule has 17 heavy (non-hydrogen) atoms. The molecule has 0 spiro atoms. The van der Waals surface area contributed by atoms with Crippen LogP contribution in [0, 0.1) is 6.92 Å². The molecule has 2 aromatic rings. The monoisotopic (exact) mass is 232 g/mol. The molecule has 1 N–H and O–H groups in total. The minimum atomic E-state index is -0.479. The molecule has 1 aliphatic carbocycles. The molecule has 1 aromatic heterocycles. The molecular weight excluding hydrogens is 216 g/mol. The van der Waals surface area contributed by atoms with E-state index in [9.17, 15) is 5.11 Å². The third kappa shape index (κ3) is 1.80. The summed E-state index contributed by atoms with van der Waals surface area (Å²) >= 11 is 0. The van der Waals surface area contributed by atoms with Crippen molar-refractivity contribution in [2.75, 3.05) is 7.11 Å². The van der Waals surface area contributed by atoms with Crippen LogP contribution in [0.2, 0.25) is 0 Å². The van der Waals surface area contributed by atoms with Gasteiger partial charge in [0.25, 0.3) is 0 Å². The molecule has 0 saturated heterocycles. The first-order valence-corrected chi connectivity index (χ1v) is 5.90. The van der Waals surface area contributed by atoms with Crippen molar-refractivity contribution in [2.45, 2.75) is 31.8 Å². The number of aliphatic hydroxyl groups is 1. The Morgan fingerprint density at radius 3 is 2.82 bits per heavy atom. The Morgan fingerprint density at radius 2 is 2.18 bits per heavy atom. The van der Waals surface area contributed by atoms with Crippen LogP contribution in [0.3, 0.4) is 0 Å². The molecule has 90 valence electrons. The van der Waals surface area contributed by atoms with Gasteiger partial charge in [0.05, 0.1) is 12.7 Å². The minimum absolute atomic E-state index is 0.479. The second-order valence-corrected chi connectivity index (χ2v) is 4.93. The lowest BCUT2D eigenvalue weighted by Gasteiger charge is -2.09. The van der Waals surface area contributed by atoms with E-state index >= 15 is 0 Å². The summed E-state index contributed by atoms with van der Waals surface area (Å²) in [7, 11) is 1.64. The lowest BCUT2D eigenvalue weighted by atomic mass is 10.0. The highest BCUT2D eigenvalue weighted by Crippen LogP contribution is 2.41. The third-order valence-corrected chi connectivity index (χ3v) is 3.43. The van der Waals surface area contributed by atoms with Gasteiger partial charge in [-0.25, -0.2) is 0 Å². The summed E-state index contributed by atoms with van der Waals surface area (Å²) in [5, 5.41) is 11.1. The van der Waals surface area contributed by atoms with Crippen LogP contribution < -0.4 is 4.74 Å². The van der Waals surface area contributed by atoms with Crippen LogP contribution in [0.25, 0.3) is 11.0 Å². The Labute approximate surface area is 100.0 Å². The summed E-state index contributed by atoms with van der Waals surface area (Å²) in [5.74, 6) is 1.62. The van der Waals surface area contributed by atoms with Crippen molar-refractivity contribution in [1.82, 2.24) is 0 Å². The van der Waals surface area contributed by atoms with Crippen molar-refractivity contribution in [1.29, 1.82) is 0 Å². The van der Waals surface area contributed by atoms with E-state index in [1.54, 1.807) is 7.11 Å². The highest BCUT2D eigenvalue weighted by Gasteiger charge is 2.40. The lowest BCUT2D eigenvalue weighted by molar-refractivity contribution is 0.151. The summed E-state index contributed by atoms with van der Waals surface area (Å²) in [6.45, 7) is 1.93. The van der Waals surface area contributed by atoms with Crippen molar-refractivity contribution in [3.05, 3.63) is 29.5 Å². The fraction of sp³-hybridized carbons (Fsp3) is 0.429. The number of ether oxygens (including phenoxy) is 1. The van der Waals surface area contributed by atoms with Crippen molar-refractivity contribution in [3.8, 4) is 5.75 Å². The predicted octanol–water partition coefficient (Wildman–Crippen LogP) is 2.82. The van der Waals surface area contributed by atoms with Crippen LogP contribution in [0.4, 0.5) is 0 Å². The molecule has 0 radical (unpaired) electrons. The van der Waals surface area contributed by atoms with E-state index in [1.807, 2.05) is 25.1 Å². The summed E-state index contributed by atoms with van der Waals surface area (Å²) in [5.41, 5.74) is 1.44. The molecule has 0 bridgehead atoms. The molecule has 1 heterocycles. The van der Waals surface area contributed by atoms with Gasteiger partial charge in [0, 0.05) is 11.8 Å². The van der Waals surface area contributed by atoms with Crippen LogP contribution in [0.5, 0.6) is 5.75 Å². The van der Waals surface area contributed by atoms with Crippen molar-refractivity contribution < 1.29 is 14.3 Å². The second-order valence-electron chi connectivity index (χ2n) is 4.93. The van der Waals surface area contributed by atoms with E-state index in [1.165, 1.54) is 0 Å². The van der Waals surface area contributed by atoms with E-state index in [2.05, 4.69) is 0 Å². The average molecular weight is 232 g/mol. The largest absolute Gasteiger partial charge is 0.493 e. The number of hydrogen-bond donors (Lipinski definition) is 1. The molecule has 1 aromatic carbocycles. The summed E-state index contributed by atoms with van der Waals surface area (Å²) in [6.07, 6.45) is 2.50. The van der Waals surface area contributed by atoms with Gasteiger partial charge < -0.3 is 14.3 Å². The Balaban J connectivity index is 2.12. The maximum atomic E-state index is 10.0. The molecule has 0 aliphatic heterocycles. The van der Waals surface area contributed by atoms with Gasteiger partial charge in [0.1, 0.15) is 5.76 Å². The highest BCUT2D eigenvalue weighted by atomic mass is 16.5. The third-order valence-electron chi connectivity index (χ3n) is 3.43. The predicted molar refractivity (Wildman–Crippen MR) is 65.4 cm³/mol. The van der Waals surface area contributed by atoms with Crippen molar-refractivity contribution in [2.24, 2.45) is 0 Å². The Kier molecular flexibility index (Phi) is 2.20. The Bertz CT molecular complexity index is 564. The molecule has 0 atom stereocenters. The van der Waals surface area contributed by atoms with E-state index in [-0.39, 0.29) is 0 Å². The van der Waals surface area contributed by atoms with Gasteiger partial charge in [-0.1, -0.05) is 6.07 Å². The number of aryl methyl sites for hydroxylation is 1.